The van der Waals surface area contributed by atoms with Gasteiger partial charge in [0.25, 0.3) is 6.01 Å². The summed E-state index contributed by atoms with van der Waals surface area (Å²) in [6.45, 7) is 4.43. The zero-order valence-corrected chi connectivity index (χ0v) is 11.3. The molecule has 4 heteroatoms. The van der Waals surface area contributed by atoms with Gasteiger partial charge < -0.3 is 14.6 Å². The molecule has 1 aliphatic heterocycles. The van der Waals surface area contributed by atoms with Crippen LogP contribution >= 0.6 is 0 Å². The van der Waals surface area contributed by atoms with Crippen molar-refractivity contribution in [3.05, 3.63) is 24.3 Å². The highest BCUT2D eigenvalue weighted by molar-refractivity contribution is 5.74. The highest BCUT2D eigenvalue weighted by Gasteiger charge is 2.09. The van der Waals surface area contributed by atoms with E-state index >= 15 is 0 Å². The van der Waals surface area contributed by atoms with Gasteiger partial charge in [-0.05, 0) is 38.1 Å². The molecule has 1 N–H and O–H groups in total. The molecule has 1 aromatic heterocycles. The number of fused-ring (bicyclic) bond motifs is 1. The second kappa shape index (κ2) is 6.06. The summed E-state index contributed by atoms with van der Waals surface area (Å²) >= 11 is 0. The Morgan fingerprint density at radius 3 is 2.68 bits per heavy atom. The van der Waals surface area contributed by atoms with Crippen LogP contribution in [-0.4, -0.2) is 36.1 Å². The summed E-state index contributed by atoms with van der Waals surface area (Å²) in [5.41, 5.74) is 1.76. The highest BCUT2D eigenvalue weighted by atomic mass is 16.4. The van der Waals surface area contributed by atoms with E-state index in [2.05, 4.69) is 15.2 Å². The minimum atomic E-state index is 0.635. The molecule has 4 nitrogen and oxygen atoms in total. The topological polar surface area (TPSA) is 41.3 Å². The smallest absolute Gasteiger partial charge is 0.295 e. The van der Waals surface area contributed by atoms with Crippen molar-refractivity contribution in [2.75, 3.05) is 31.5 Å². The fraction of sp³-hybridized carbons (Fsp3) is 0.533. The van der Waals surface area contributed by atoms with Crippen LogP contribution in [0.2, 0.25) is 0 Å². The minimum absolute atomic E-state index is 0.635. The van der Waals surface area contributed by atoms with E-state index < -0.39 is 0 Å². The standard InChI is InChI=1S/C15H21N3O/c1-2-6-11-18(10-5-1)12-9-16-15-17-13-7-3-4-8-14(13)19-15/h3-4,7-8H,1-2,5-6,9-12H2,(H,16,17). The first kappa shape index (κ1) is 12.5. The Balaban J connectivity index is 1.51. The van der Waals surface area contributed by atoms with E-state index in [1.807, 2.05) is 24.3 Å². The molecule has 1 fully saturated rings. The number of hydrogen-bond donors (Lipinski definition) is 1. The highest BCUT2D eigenvalue weighted by Crippen LogP contribution is 2.17. The fourth-order valence-corrected chi connectivity index (χ4v) is 2.63. The lowest BCUT2D eigenvalue weighted by Gasteiger charge is -2.19. The molecular formula is C15H21N3O. The van der Waals surface area contributed by atoms with Gasteiger partial charge in [0.15, 0.2) is 5.58 Å². The normalized spacial score (nSPS) is 17.5. The molecule has 0 atom stereocenters. The van der Waals surface area contributed by atoms with E-state index in [-0.39, 0.29) is 0 Å². The van der Waals surface area contributed by atoms with E-state index in [1.54, 1.807) is 0 Å². The molecule has 1 saturated heterocycles. The third-order valence-electron chi connectivity index (χ3n) is 3.70. The predicted molar refractivity (Wildman–Crippen MR) is 77.4 cm³/mol. The average Bonchev–Trinajstić information content (AvgIpc) is 2.66. The molecular weight excluding hydrogens is 238 g/mol. The number of benzene rings is 1. The van der Waals surface area contributed by atoms with Crippen molar-refractivity contribution in [1.82, 2.24) is 9.88 Å². The summed E-state index contributed by atoms with van der Waals surface area (Å²) in [5, 5.41) is 3.28. The molecule has 0 bridgehead atoms. The molecule has 2 aromatic rings. The van der Waals surface area contributed by atoms with Crippen LogP contribution in [0.5, 0.6) is 0 Å². The van der Waals surface area contributed by atoms with Crippen LogP contribution < -0.4 is 5.32 Å². The first-order valence-electron chi connectivity index (χ1n) is 7.24. The van der Waals surface area contributed by atoms with Gasteiger partial charge in [-0.15, -0.1) is 0 Å². The minimum Gasteiger partial charge on any atom is -0.424 e. The summed E-state index contributed by atoms with van der Waals surface area (Å²) in [6, 6.07) is 8.50. The number of anilines is 1. The molecule has 3 rings (SSSR count). The Bertz CT molecular complexity index is 482. The van der Waals surface area contributed by atoms with Gasteiger partial charge >= 0.3 is 0 Å². The van der Waals surface area contributed by atoms with Gasteiger partial charge in [-0.25, -0.2) is 0 Å². The van der Waals surface area contributed by atoms with Gasteiger partial charge in [-0.2, -0.15) is 4.98 Å². The molecule has 2 heterocycles. The van der Waals surface area contributed by atoms with E-state index in [0.717, 1.165) is 24.2 Å². The van der Waals surface area contributed by atoms with Crippen molar-refractivity contribution >= 4 is 17.1 Å². The molecule has 0 radical (unpaired) electrons. The molecule has 0 aliphatic carbocycles. The Hall–Kier alpha value is -1.55. The van der Waals surface area contributed by atoms with Crippen LogP contribution in [0.25, 0.3) is 11.1 Å². The van der Waals surface area contributed by atoms with Gasteiger partial charge in [0.2, 0.25) is 0 Å². The SMILES string of the molecule is c1ccc2oc(NCCN3CCCCCC3)nc2c1. The second-order valence-electron chi connectivity index (χ2n) is 5.17. The fourth-order valence-electron chi connectivity index (χ4n) is 2.63. The number of nitrogens with zero attached hydrogens (tertiary/aromatic N) is 2. The molecule has 0 unspecified atom stereocenters. The maximum atomic E-state index is 5.64. The monoisotopic (exact) mass is 259 g/mol. The van der Waals surface area contributed by atoms with Crippen molar-refractivity contribution in [2.24, 2.45) is 0 Å². The lowest BCUT2D eigenvalue weighted by Crippen LogP contribution is -2.30. The lowest BCUT2D eigenvalue weighted by molar-refractivity contribution is 0.295. The second-order valence-corrected chi connectivity index (χ2v) is 5.17. The largest absolute Gasteiger partial charge is 0.424 e. The van der Waals surface area contributed by atoms with E-state index in [0.29, 0.717) is 6.01 Å². The molecule has 0 saturated carbocycles. The number of oxazole rings is 1. The van der Waals surface area contributed by atoms with Crippen LogP contribution in [-0.2, 0) is 0 Å². The van der Waals surface area contributed by atoms with E-state index in [4.69, 9.17) is 4.42 Å². The molecule has 0 spiro atoms. The predicted octanol–water partition coefficient (Wildman–Crippen LogP) is 3.12. The van der Waals surface area contributed by atoms with Gasteiger partial charge in [-0.1, -0.05) is 25.0 Å². The van der Waals surface area contributed by atoms with Crippen LogP contribution in [0.3, 0.4) is 0 Å². The van der Waals surface area contributed by atoms with Gasteiger partial charge in [0.1, 0.15) is 5.52 Å². The Morgan fingerprint density at radius 1 is 1.11 bits per heavy atom. The maximum absolute atomic E-state index is 5.64. The Kier molecular flexibility index (Phi) is 3.98. The third kappa shape index (κ3) is 3.26. The molecule has 0 amide bonds. The summed E-state index contributed by atoms with van der Waals surface area (Å²) in [7, 11) is 0. The summed E-state index contributed by atoms with van der Waals surface area (Å²) in [6.07, 6.45) is 5.44. The number of aromatic nitrogens is 1. The van der Waals surface area contributed by atoms with Crippen LogP contribution in [0, 0.1) is 0 Å². The number of nitrogens with one attached hydrogen (secondary N) is 1. The Morgan fingerprint density at radius 2 is 1.89 bits per heavy atom. The van der Waals surface area contributed by atoms with Crippen molar-refractivity contribution in [1.29, 1.82) is 0 Å². The first-order valence-corrected chi connectivity index (χ1v) is 7.24. The van der Waals surface area contributed by atoms with E-state index in [9.17, 15) is 0 Å². The van der Waals surface area contributed by atoms with Gasteiger partial charge in [-0.3, -0.25) is 0 Å². The number of rotatable bonds is 4. The van der Waals surface area contributed by atoms with Gasteiger partial charge in [0.05, 0.1) is 0 Å². The quantitative estimate of drug-likeness (QED) is 0.916. The lowest BCUT2D eigenvalue weighted by atomic mass is 10.2. The Labute approximate surface area is 113 Å². The summed E-state index contributed by atoms with van der Waals surface area (Å²) in [4.78, 5) is 6.95. The number of hydrogen-bond acceptors (Lipinski definition) is 4. The van der Waals surface area contributed by atoms with Crippen molar-refractivity contribution < 1.29 is 4.42 Å². The van der Waals surface area contributed by atoms with Crippen LogP contribution in [0.15, 0.2) is 28.7 Å². The van der Waals surface area contributed by atoms with Crippen molar-refractivity contribution in [2.45, 2.75) is 25.7 Å². The third-order valence-corrected chi connectivity index (χ3v) is 3.70. The van der Waals surface area contributed by atoms with Gasteiger partial charge in [0, 0.05) is 13.1 Å². The summed E-state index contributed by atoms with van der Waals surface area (Å²) < 4.78 is 5.64. The number of para-hydroxylation sites is 2. The average molecular weight is 259 g/mol. The molecule has 1 aromatic carbocycles. The first-order chi connectivity index (χ1) is 9.42. The zero-order chi connectivity index (χ0) is 12.9. The zero-order valence-electron chi connectivity index (χ0n) is 11.3. The van der Waals surface area contributed by atoms with Crippen molar-refractivity contribution in [3.63, 3.8) is 0 Å². The maximum Gasteiger partial charge on any atom is 0.295 e. The molecule has 19 heavy (non-hydrogen) atoms. The van der Waals surface area contributed by atoms with E-state index in [1.165, 1.54) is 38.8 Å². The summed E-state index contributed by atoms with van der Waals surface area (Å²) in [5.74, 6) is 0. The number of likely N-dealkylation sites (tertiary alicyclic amines) is 1. The van der Waals surface area contributed by atoms with Crippen LogP contribution in [0.4, 0.5) is 6.01 Å². The molecule has 1 aliphatic rings. The molecule has 102 valence electrons. The van der Waals surface area contributed by atoms with Crippen LogP contribution in [0.1, 0.15) is 25.7 Å². The van der Waals surface area contributed by atoms with Crippen molar-refractivity contribution in [3.8, 4) is 0 Å².